The van der Waals surface area contributed by atoms with Crippen molar-refractivity contribution < 1.29 is 71.2 Å². The molecule has 0 aliphatic heterocycles. The van der Waals surface area contributed by atoms with Crippen LogP contribution in [0.1, 0.15) is 71.6 Å². The summed E-state index contributed by atoms with van der Waals surface area (Å²) < 4.78 is 0. The molecule has 0 saturated heterocycles. The van der Waals surface area contributed by atoms with Gasteiger partial charge < -0.3 is 15.0 Å². The molecular weight excluding hydrogens is 393 g/mol. The quantitative estimate of drug-likeness (QED) is 0.619. The average Bonchev–Trinajstić information content (AvgIpc) is 2.92. The van der Waals surface area contributed by atoms with E-state index < -0.39 is 11.6 Å². The third-order valence-electron chi connectivity index (χ3n) is 9.25. The number of hydrogen-bond acceptors (Lipinski definition) is 5. The second-order valence-electron chi connectivity index (χ2n) is 10.2. The summed E-state index contributed by atoms with van der Waals surface area (Å²) in [5.41, 5.74) is -0.229. The number of fused-ring (bicyclic) bond motifs is 5. The summed E-state index contributed by atoms with van der Waals surface area (Å²) in [6.45, 7) is 4.39. The molecule has 5 nitrogen and oxygen atoms in total. The van der Waals surface area contributed by atoms with Crippen LogP contribution in [-0.2, 0) is 9.59 Å². The van der Waals surface area contributed by atoms with E-state index in [4.69, 9.17) is 0 Å². The molecular formula is C23H30KNO4. The summed E-state index contributed by atoms with van der Waals surface area (Å²) in [4.78, 5) is 23.0. The number of aliphatic hydroxyl groups is 1. The summed E-state index contributed by atoms with van der Waals surface area (Å²) in [5, 5.41) is 32.4. The van der Waals surface area contributed by atoms with Gasteiger partial charge in [0.05, 0.1) is 17.6 Å². The standard InChI is InChI=1S/C23H31NO4.K/c1-21-7-3-16(25)12-15(21)11-14(13-24)20-17(21)4-8-22(2)18(20)5-9-23(22,28)10-6-19(26)27;/h12,14,17-18,20,28H,3-11H2,1-2H3,(H,26,27);/q;+1/p-1/t14-,17-,18-,20+,21-,22-,23+;/m0./s1. The van der Waals surface area contributed by atoms with Crippen LogP contribution in [0.3, 0.4) is 0 Å². The first-order valence-electron chi connectivity index (χ1n) is 10.7. The van der Waals surface area contributed by atoms with Crippen LogP contribution in [0, 0.1) is 45.8 Å². The van der Waals surface area contributed by atoms with Crippen LogP contribution in [0.4, 0.5) is 0 Å². The molecule has 29 heavy (non-hydrogen) atoms. The molecule has 0 bridgehead atoms. The molecule has 0 unspecified atom stereocenters. The molecule has 3 saturated carbocycles. The molecule has 1 N–H and O–H groups in total. The molecule has 0 aromatic carbocycles. The topological polar surface area (TPSA) is 101 Å². The Labute approximate surface area is 215 Å². The first-order valence-corrected chi connectivity index (χ1v) is 10.7. The number of aliphatic carboxylic acids is 1. The summed E-state index contributed by atoms with van der Waals surface area (Å²) in [6, 6.07) is 2.54. The number of carbonyl (C=O) groups is 2. The minimum absolute atomic E-state index is 0. The zero-order chi connectivity index (χ0) is 20.3. The minimum atomic E-state index is -1.11. The average molecular weight is 424 g/mol. The van der Waals surface area contributed by atoms with Gasteiger partial charge in [-0.2, -0.15) is 5.26 Å². The molecule has 0 amide bonds. The second-order valence-corrected chi connectivity index (χ2v) is 10.2. The van der Waals surface area contributed by atoms with Gasteiger partial charge in [-0.1, -0.05) is 19.4 Å². The van der Waals surface area contributed by atoms with E-state index in [-0.39, 0.29) is 98.6 Å². The third kappa shape index (κ3) is 3.54. The van der Waals surface area contributed by atoms with Gasteiger partial charge in [0.25, 0.3) is 0 Å². The van der Waals surface area contributed by atoms with E-state index >= 15 is 0 Å². The fraction of sp³-hybridized carbons (Fsp3) is 0.783. The van der Waals surface area contributed by atoms with E-state index in [0.717, 1.165) is 31.3 Å². The number of allylic oxidation sites excluding steroid dienone is 1. The van der Waals surface area contributed by atoms with Crippen LogP contribution in [0.2, 0.25) is 0 Å². The number of carbonyl (C=O) groups excluding carboxylic acids is 2. The number of carboxylic acid groups (broad SMARTS) is 1. The largest absolute Gasteiger partial charge is 1.00 e. The van der Waals surface area contributed by atoms with E-state index in [1.54, 1.807) is 0 Å². The number of rotatable bonds is 3. The number of hydrogen-bond donors (Lipinski definition) is 1. The van der Waals surface area contributed by atoms with Crippen molar-refractivity contribution in [2.24, 2.45) is 34.5 Å². The van der Waals surface area contributed by atoms with Gasteiger partial charge in [-0.15, -0.1) is 0 Å². The second kappa shape index (κ2) is 8.15. The van der Waals surface area contributed by atoms with Crippen molar-refractivity contribution in [1.82, 2.24) is 0 Å². The maximum atomic E-state index is 12.0. The van der Waals surface area contributed by atoms with Gasteiger partial charge in [0.15, 0.2) is 5.78 Å². The normalized spacial score (nSPS) is 45.7. The van der Waals surface area contributed by atoms with E-state index in [1.165, 1.54) is 0 Å². The van der Waals surface area contributed by atoms with E-state index in [2.05, 4.69) is 19.9 Å². The van der Waals surface area contributed by atoms with Gasteiger partial charge in [0, 0.05) is 12.4 Å². The molecule has 3 fully saturated rings. The fourth-order valence-electron chi connectivity index (χ4n) is 7.53. The van der Waals surface area contributed by atoms with Crippen LogP contribution >= 0.6 is 0 Å². The zero-order valence-electron chi connectivity index (χ0n) is 17.9. The molecule has 0 spiro atoms. The predicted molar refractivity (Wildman–Crippen MR) is 100 cm³/mol. The summed E-state index contributed by atoms with van der Waals surface area (Å²) in [7, 11) is 0. The molecule has 4 aliphatic rings. The third-order valence-corrected chi connectivity index (χ3v) is 9.25. The Balaban J connectivity index is 0.00000240. The molecule has 0 aromatic heterocycles. The van der Waals surface area contributed by atoms with Crippen molar-refractivity contribution in [3.05, 3.63) is 11.6 Å². The monoisotopic (exact) mass is 423 g/mol. The molecule has 7 atom stereocenters. The van der Waals surface area contributed by atoms with Gasteiger partial charge in [-0.05, 0) is 86.0 Å². The van der Waals surface area contributed by atoms with Crippen LogP contribution < -0.4 is 56.5 Å². The smallest absolute Gasteiger partial charge is 0.550 e. The van der Waals surface area contributed by atoms with Crippen molar-refractivity contribution in [3.63, 3.8) is 0 Å². The number of ketones is 1. The van der Waals surface area contributed by atoms with Crippen LogP contribution in [0.25, 0.3) is 0 Å². The predicted octanol–water partition coefficient (Wildman–Crippen LogP) is -0.467. The Morgan fingerprint density at radius 2 is 1.97 bits per heavy atom. The molecule has 4 aliphatic carbocycles. The molecule has 0 aromatic rings. The van der Waals surface area contributed by atoms with Gasteiger partial charge in [0.1, 0.15) is 0 Å². The summed E-state index contributed by atoms with van der Waals surface area (Å²) in [5.74, 6) is -0.290. The van der Waals surface area contributed by atoms with Crippen molar-refractivity contribution in [2.75, 3.05) is 0 Å². The van der Waals surface area contributed by atoms with Crippen molar-refractivity contribution >= 4 is 11.8 Å². The van der Waals surface area contributed by atoms with Gasteiger partial charge in [0.2, 0.25) is 0 Å². The van der Waals surface area contributed by atoms with Crippen molar-refractivity contribution in [1.29, 1.82) is 5.26 Å². The Hall–Kier alpha value is -0.0336. The number of nitriles is 1. The summed E-state index contributed by atoms with van der Waals surface area (Å²) in [6.07, 6.45) is 7.21. The fourth-order valence-corrected chi connectivity index (χ4v) is 7.53. The van der Waals surface area contributed by atoms with E-state index in [9.17, 15) is 25.1 Å². The molecule has 0 radical (unpaired) electrons. The number of nitrogens with zero attached hydrogens (tertiary/aromatic N) is 1. The Morgan fingerprint density at radius 3 is 2.62 bits per heavy atom. The maximum Gasteiger partial charge on any atom is 1.00 e. The first-order chi connectivity index (χ1) is 13.1. The Bertz CT molecular complexity index is 788. The Morgan fingerprint density at radius 1 is 1.28 bits per heavy atom. The van der Waals surface area contributed by atoms with Gasteiger partial charge in [-0.25, -0.2) is 0 Å². The zero-order valence-corrected chi connectivity index (χ0v) is 21.0. The SMILES string of the molecule is C[C@]12CCC(=O)C=C1C[C@@H](C#N)[C@@H]1[C@@H]2CC[C@@]2(C)[C@H]1CC[C@@]2(O)CCC(=O)[O-].[K+]. The van der Waals surface area contributed by atoms with Crippen LogP contribution in [0.15, 0.2) is 11.6 Å². The molecule has 4 rings (SSSR count). The first kappa shape index (κ1) is 23.6. The van der Waals surface area contributed by atoms with Crippen molar-refractivity contribution in [2.45, 2.75) is 77.2 Å². The summed E-state index contributed by atoms with van der Waals surface area (Å²) >= 11 is 0. The minimum Gasteiger partial charge on any atom is -0.550 e. The van der Waals surface area contributed by atoms with E-state index in [0.29, 0.717) is 25.2 Å². The van der Waals surface area contributed by atoms with E-state index in [1.807, 2.05) is 6.08 Å². The van der Waals surface area contributed by atoms with Gasteiger partial charge in [-0.3, -0.25) is 4.79 Å². The molecule has 6 heteroatoms. The molecule has 152 valence electrons. The van der Waals surface area contributed by atoms with Gasteiger partial charge >= 0.3 is 51.4 Å². The molecule has 0 heterocycles. The Kier molecular flexibility index (Phi) is 6.64. The maximum absolute atomic E-state index is 12.0. The van der Waals surface area contributed by atoms with Crippen LogP contribution in [-0.4, -0.2) is 22.5 Å². The van der Waals surface area contributed by atoms with Crippen LogP contribution in [0.5, 0.6) is 0 Å². The van der Waals surface area contributed by atoms with Crippen molar-refractivity contribution in [3.8, 4) is 6.07 Å². The number of carboxylic acids is 1.